The van der Waals surface area contributed by atoms with Gasteiger partial charge in [0.25, 0.3) is 0 Å². The lowest BCUT2D eigenvalue weighted by Gasteiger charge is -2.21. The normalized spacial score (nSPS) is 18.8. The van der Waals surface area contributed by atoms with Gasteiger partial charge in [-0.1, -0.05) is 18.2 Å². The number of para-hydroxylation sites is 1. The molecule has 1 aromatic rings. The van der Waals surface area contributed by atoms with Gasteiger partial charge < -0.3 is 14.8 Å². The highest BCUT2D eigenvalue weighted by molar-refractivity contribution is 5.80. The van der Waals surface area contributed by atoms with E-state index in [1.165, 1.54) is 12.1 Å². The highest BCUT2D eigenvalue weighted by Gasteiger charge is 2.32. The molecule has 0 radical (unpaired) electrons. The van der Waals surface area contributed by atoms with Crippen molar-refractivity contribution in [3.05, 3.63) is 29.8 Å². The van der Waals surface area contributed by atoms with Gasteiger partial charge in [0, 0.05) is 13.2 Å². The minimum atomic E-state index is -4.73. The summed E-state index contributed by atoms with van der Waals surface area (Å²) in [6.07, 6.45) is -2.35. The molecule has 7 heteroatoms. The van der Waals surface area contributed by atoms with Crippen molar-refractivity contribution < 1.29 is 27.4 Å². The number of rotatable bonds is 5. The van der Waals surface area contributed by atoms with E-state index in [0.29, 0.717) is 18.6 Å². The monoisotopic (exact) mass is 317 g/mol. The molecule has 0 saturated carbocycles. The van der Waals surface area contributed by atoms with Gasteiger partial charge in [0.2, 0.25) is 5.91 Å². The van der Waals surface area contributed by atoms with E-state index < -0.39 is 12.5 Å². The number of nitrogens with one attached hydrogen (secondary N) is 1. The lowest BCUT2D eigenvalue weighted by Crippen LogP contribution is -2.39. The van der Waals surface area contributed by atoms with E-state index in [2.05, 4.69) is 10.1 Å². The molecule has 1 saturated heterocycles. The van der Waals surface area contributed by atoms with Crippen LogP contribution in [0.4, 0.5) is 13.2 Å². The van der Waals surface area contributed by atoms with E-state index in [1.54, 1.807) is 12.1 Å². The Balaban J connectivity index is 1.85. The van der Waals surface area contributed by atoms with Crippen LogP contribution < -0.4 is 10.1 Å². The molecule has 0 aliphatic carbocycles. The fourth-order valence-electron chi connectivity index (χ4n) is 2.32. The Morgan fingerprint density at radius 1 is 1.32 bits per heavy atom. The van der Waals surface area contributed by atoms with Crippen molar-refractivity contribution in [1.29, 1.82) is 0 Å². The lowest BCUT2D eigenvalue weighted by molar-refractivity contribution is -0.274. The van der Waals surface area contributed by atoms with Crippen LogP contribution in [0.3, 0.4) is 0 Å². The SMILES string of the molecule is O=C(NCCc1ccccc1OC(F)(F)F)[C@@H]1CCCCO1. The largest absolute Gasteiger partial charge is 0.573 e. The number of amides is 1. The molecule has 1 atom stereocenters. The molecule has 1 N–H and O–H groups in total. The first-order valence-corrected chi connectivity index (χ1v) is 7.19. The highest BCUT2D eigenvalue weighted by atomic mass is 19.4. The first-order chi connectivity index (χ1) is 10.5. The van der Waals surface area contributed by atoms with E-state index >= 15 is 0 Å². The van der Waals surface area contributed by atoms with Crippen LogP contribution in [0.1, 0.15) is 24.8 Å². The zero-order valence-electron chi connectivity index (χ0n) is 12.0. The average Bonchev–Trinajstić information content (AvgIpc) is 2.48. The van der Waals surface area contributed by atoms with E-state index in [4.69, 9.17) is 4.74 Å². The standard InChI is InChI=1S/C15H18F3NO3/c16-15(17,18)22-12-6-2-1-5-11(12)8-9-19-14(20)13-7-3-4-10-21-13/h1-2,5-6,13H,3-4,7-10H2,(H,19,20)/t13-/m0/s1. The molecule has 1 heterocycles. The second-order valence-corrected chi connectivity index (χ2v) is 5.05. The molecule has 0 spiro atoms. The fraction of sp³-hybridized carbons (Fsp3) is 0.533. The molecule has 122 valence electrons. The van der Waals surface area contributed by atoms with Gasteiger partial charge in [0.1, 0.15) is 11.9 Å². The first kappa shape index (κ1) is 16.6. The number of ether oxygens (including phenoxy) is 2. The van der Waals surface area contributed by atoms with E-state index in [9.17, 15) is 18.0 Å². The Bertz CT molecular complexity index is 499. The van der Waals surface area contributed by atoms with Gasteiger partial charge in [-0.05, 0) is 37.3 Å². The first-order valence-electron chi connectivity index (χ1n) is 7.19. The van der Waals surface area contributed by atoms with E-state index in [-0.39, 0.29) is 24.6 Å². The van der Waals surface area contributed by atoms with Crippen LogP contribution in [-0.2, 0) is 16.0 Å². The number of benzene rings is 1. The molecule has 0 aromatic heterocycles. The Kier molecular flexibility index (Phi) is 5.65. The lowest BCUT2D eigenvalue weighted by atomic mass is 10.1. The predicted molar refractivity (Wildman–Crippen MR) is 73.4 cm³/mol. The van der Waals surface area contributed by atoms with Crippen LogP contribution in [0.2, 0.25) is 0 Å². The molecule has 1 aliphatic rings. The van der Waals surface area contributed by atoms with Gasteiger partial charge in [0.05, 0.1) is 0 Å². The summed E-state index contributed by atoms with van der Waals surface area (Å²) in [6, 6.07) is 5.91. The third-order valence-corrected chi connectivity index (χ3v) is 3.36. The molecule has 22 heavy (non-hydrogen) atoms. The summed E-state index contributed by atoms with van der Waals surface area (Å²) in [4.78, 5) is 11.9. The molecule has 0 unspecified atom stereocenters. The number of hydrogen-bond donors (Lipinski definition) is 1. The zero-order valence-corrected chi connectivity index (χ0v) is 12.0. The van der Waals surface area contributed by atoms with Gasteiger partial charge in [0.15, 0.2) is 0 Å². The van der Waals surface area contributed by atoms with Crippen molar-refractivity contribution in [2.45, 2.75) is 38.1 Å². The molecular formula is C15H18F3NO3. The molecule has 4 nitrogen and oxygen atoms in total. The summed E-state index contributed by atoms with van der Waals surface area (Å²) in [5, 5.41) is 2.69. The number of alkyl halides is 3. The summed E-state index contributed by atoms with van der Waals surface area (Å²) in [7, 11) is 0. The van der Waals surface area contributed by atoms with E-state index in [0.717, 1.165) is 12.8 Å². The van der Waals surface area contributed by atoms with Crippen LogP contribution in [0.5, 0.6) is 5.75 Å². The Morgan fingerprint density at radius 2 is 2.09 bits per heavy atom. The summed E-state index contributed by atoms with van der Waals surface area (Å²) in [6.45, 7) is 0.803. The molecule has 1 aliphatic heterocycles. The number of hydrogen-bond acceptors (Lipinski definition) is 3. The van der Waals surface area contributed by atoms with Crippen LogP contribution >= 0.6 is 0 Å². The minimum Gasteiger partial charge on any atom is -0.406 e. The summed E-state index contributed by atoms with van der Waals surface area (Å²) in [5.74, 6) is -0.452. The van der Waals surface area contributed by atoms with Gasteiger partial charge in [-0.3, -0.25) is 4.79 Å². The van der Waals surface area contributed by atoms with Gasteiger partial charge in [-0.15, -0.1) is 13.2 Å². The molecule has 1 fully saturated rings. The maximum atomic E-state index is 12.3. The third-order valence-electron chi connectivity index (χ3n) is 3.36. The summed E-state index contributed by atoms with van der Waals surface area (Å²) >= 11 is 0. The Morgan fingerprint density at radius 3 is 2.77 bits per heavy atom. The second kappa shape index (κ2) is 7.49. The maximum absolute atomic E-state index is 12.3. The van der Waals surface area contributed by atoms with Gasteiger partial charge >= 0.3 is 6.36 Å². The van der Waals surface area contributed by atoms with Crippen molar-refractivity contribution in [1.82, 2.24) is 5.32 Å². The quantitative estimate of drug-likeness (QED) is 0.908. The smallest absolute Gasteiger partial charge is 0.406 e. The minimum absolute atomic E-state index is 0.214. The number of carbonyl (C=O) groups excluding carboxylic acids is 1. The highest BCUT2D eigenvalue weighted by Crippen LogP contribution is 2.26. The van der Waals surface area contributed by atoms with Crippen LogP contribution in [0.25, 0.3) is 0 Å². The van der Waals surface area contributed by atoms with Crippen LogP contribution in [-0.4, -0.2) is 31.5 Å². The summed E-state index contributed by atoms with van der Waals surface area (Å²) in [5.41, 5.74) is 0.393. The van der Waals surface area contributed by atoms with Crippen molar-refractivity contribution >= 4 is 5.91 Å². The van der Waals surface area contributed by atoms with E-state index in [1.807, 2.05) is 0 Å². The van der Waals surface area contributed by atoms with Crippen molar-refractivity contribution in [2.75, 3.05) is 13.2 Å². The molecule has 1 amide bonds. The predicted octanol–water partition coefficient (Wildman–Crippen LogP) is 2.81. The van der Waals surface area contributed by atoms with Crippen molar-refractivity contribution in [3.63, 3.8) is 0 Å². The maximum Gasteiger partial charge on any atom is 0.573 e. The topological polar surface area (TPSA) is 47.6 Å². The Labute approximate surface area is 126 Å². The third kappa shape index (κ3) is 5.22. The molecule has 1 aromatic carbocycles. The number of carbonyl (C=O) groups is 1. The molecule has 2 rings (SSSR count). The second-order valence-electron chi connectivity index (χ2n) is 5.05. The van der Waals surface area contributed by atoms with Gasteiger partial charge in [-0.2, -0.15) is 0 Å². The summed E-state index contributed by atoms with van der Waals surface area (Å²) < 4.78 is 46.2. The molecular weight excluding hydrogens is 299 g/mol. The number of halogens is 3. The van der Waals surface area contributed by atoms with Crippen molar-refractivity contribution in [2.24, 2.45) is 0 Å². The van der Waals surface area contributed by atoms with Crippen LogP contribution in [0.15, 0.2) is 24.3 Å². The molecule has 0 bridgehead atoms. The average molecular weight is 317 g/mol. The fourth-order valence-corrected chi connectivity index (χ4v) is 2.32. The zero-order chi connectivity index (χ0) is 16.0. The Hall–Kier alpha value is -1.76. The van der Waals surface area contributed by atoms with Crippen LogP contribution in [0, 0.1) is 0 Å². The van der Waals surface area contributed by atoms with Crippen molar-refractivity contribution in [3.8, 4) is 5.75 Å². The van der Waals surface area contributed by atoms with Gasteiger partial charge in [-0.25, -0.2) is 0 Å².